The van der Waals surface area contributed by atoms with Crippen molar-refractivity contribution in [3.05, 3.63) is 40.4 Å². The van der Waals surface area contributed by atoms with Crippen molar-refractivity contribution in [1.82, 2.24) is 15.3 Å². The lowest BCUT2D eigenvalue weighted by atomic mass is 9.85. The second-order valence-electron chi connectivity index (χ2n) is 5.92. The number of rotatable bonds is 4. The molecule has 1 heterocycles. The largest absolute Gasteiger partial charge is 0.389 e. The van der Waals surface area contributed by atoms with Gasteiger partial charge in [-0.05, 0) is 25.0 Å². The van der Waals surface area contributed by atoms with Crippen LogP contribution in [-0.4, -0.2) is 27.2 Å². The number of benzene rings is 1. The summed E-state index contributed by atoms with van der Waals surface area (Å²) >= 11 is 0. The SMILES string of the molecule is O=c1[nH]c(CNCC2(O)CCCCC2)nc2ccccc12. The molecular weight excluding hydrogens is 266 g/mol. The Morgan fingerprint density at radius 1 is 1.24 bits per heavy atom. The van der Waals surface area contributed by atoms with Gasteiger partial charge in [0, 0.05) is 6.54 Å². The summed E-state index contributed by atoms with van der Waals surface area (Å²) in [6.07, 6.45) is 5.08. The summed E-state index contributed by atoms with van der Waals surface area (Å²) in [5.74, 6) is 0.609. The van der Waals surface area contributed by atoms with E-state index in [9.17, 15) is 9.90 Å². The smallest absolute Gasteiger partial charge is 0.258 e. The molecule has 1 aromatic carbocycles. The van der Waals surface area contributed by atoms with Crippen LogP contribution in [0.1, 0.15) is 37.9 Å². The number of H-pyrrole nitrogens is 1. The highest BCUT2D eigenvalue weighted by Gasteiger charge is 2.28. The number of para-hydroxylation sites is 1. The Morgan fingerprint density at radius 3 is 2.81 bits per heavy atom. The molecular formula is C16H21N3O2. The fourth-order valence-electron chi connectivity index (χ4n) is 3.02. The third-order valence-corrected chi connectivity index (χ3v) is 4.19. The maximum absolute atomic E-state index is 12.0. The van der Waals surface area contributed by atoms with Crippen LogP contribution in [-0.2, 0) is 6.54 Å². The molecule has 1 aromatic heterocycles. The molecule has 5 nitrogen and oxygen atoms in total. The zero-order valence-corrected chi connectivity index (χ0v) is 12.1. The molecule has 5 heteroatoms. The van der Waals surface area contributed by atoms with Crippen molar-refractivity contribution in [3.8, 4) is 0 Å². The van der Waals surface area contributed by atoms with Crippen LogP contribution in [0, 0.1) is 0 Å². The van der Waals surface area contributed by atoms with Gasteiger partial charge in [0.15, 0.2) is 0 Å². The second-order valence-corrected chi connectivity index (χ2v) is 5.92. The van der Waals surface area contributed by atoms with Crippen molar-refractivity contribution in [2.24, 2.45) is 0 Å². The first-order valence-electron chi connectivity index (χ1n) is 7.57. The molecule has 1 aliphatic rings. The molecule has 0 unspecified atom stereocenters. The van der Waals surface area contributed by atoms with Gasteiger partial charge >= 0.3 is 0 Å². The third kappa shape index (κ3) is 3.31. The minimum Gasteiger partial charge on any atom is -0.389 e. The molecule has 3 rings (SSSR count). The summed E-state index contributed by atoms with van der Waals surface area (Å²) in [7, 11) is 0. The van der Waals surface area contributed by atoms with E-state index in [2.05, 4.69) is 15.3 Å². The first-order chi connectivity index (χ1) is 10.2. The molecule has 0 atom stereocenters. The number of nitrogens with one attached hydrogen (secondary N) is 2. The number of fused-ring (bicyclic) bond motifs is 1. The van der Waals surface area contributed by atoms with Crippen molar-refractivity contribution >= 4 is 10.9 Å². The first kappa shape index (κ1) is 14.2. The standard InChI is InChI=1S/C16H21N3O2/c20-15-12-6-2-3-7-13(12)18-14(19-15)10-17-11-16(21)8-4-1-5-9-16/h2-3,6-7,17,21H,1,4-5,8-11H2,(H,18,19,20). The number of aromatic nitrogens is 2. The van der Waals surface area contributed by atoms with Crippen molar-refractivity contribution < 1.29 is 5.11 Å². The highest BCUT2D eigenvalue weighted by Crippen LogP contribution is 2.27. The molecule has 2 aromatic rings. The van der Waals surface area contributed by atoms with E-state index in [4.69, 9.17) is 0 Å². The quantitative estimate of drug-likeness (QED) is 0.800. The molecule has 0 spiro atoms. The van der Waals surface area contributed by atoms with E-state index >= 15 is 0 Å². The zero-order valence-electron chi connectivity index (χ0n) is 12.1. The van der Waals surface area contributed by atoms with Gasteiger partial charge in [0.1, 0.15) is 5.82 Å². The monoisotopic (exact) mass is 287 g/mol. The van der Waals surface area contributed by atoms with Gasteiger partial charge in [0.05, 0.1) is 23.0 Å². The zero-order chi connectivity index (χ0) is 14.7. The van der Waals surface area contributed by atoms with Gasteiger partial charge in [-0.2, -0.15) is 0 Å². The average Bonchev–Trinajstić information content (AvgIpc) is 2.48. The number of hydrogen-bond acceptors (Lipinski definition) is 4. The number of nitrogens with zero attached hydrogens (tertiary/aromatic N) is 1. The molecule has 0 saturated heterocycles. The Bertz CT molecular complexity index is 675. The van der Waals surface area contributed by atoms with Gasteiger partial charge in [0.2, 0.25) is 0 Å². The molecule has 3 N–H and O–H groups in total. The lowest BCUT2D eigenvalue weighted by molar-refractivity contribution is 0.00456. The van der Waals surface area contributed by atoms with Crippen LogP contribution in [0.25, 0.3) is 10.9 Å². The fourth-order valence-corrected chi connectivity index (χ4v) is 3.02. The van der Waals surface area contributed by atoms with Crippen LogP contribution < -0.4 is 10.9 Å². The summed E-state index contributed by atoms with van der Waals surface area (Å²) < 4.78 is 0. The molecule has 1 saturated carbocycles. The topological polar surface area (TPSA) is 78.0 Å². The van der Waals surface area contributed by atoms with E-state index in [1.807, 2.05) is 18.2 Å². The van der Waals surface area contributed by atoms with Crippen molar-refractivity contribution in [2.75, 3.05) is 6.54 Å². The number of hydrogen-bond donors (Lipinski definition) is 3. The summed E-state index contributed by atoms with van der Waals surface area (Å²) in [4.78, 5) is 19.2. The van der Waals surface area contributed by atoms with Gasteiger partial charge < -0.3 is 15.4 Å². The van der Waals surface area contributed by atoms with Crippen molar-refractivity contribution in [1.29, 1.82) is 0 Å². The third-order valence-electron chi connectivity index (χ3n) is 4.19. The van der Waals surface area contributed by atoms with Crippen molar-refractivity contribution in [2.45, 2.75) is 44.2 Å². The fraction of sp³-hybridized carbons (Fsp3) is 0.500. The Hall–Kier alpha value is -1.72. The summed E-state index contributed by atoms with van der Waals surface area (Å²) in [5, 5.41) is 14.2. The highest BCUT2D eigenvalue weighted by molar-refractivity contribution is 5.77. The van der Waals surface area contributed by atoms with Crippen LogP contribution in [0.4, 0.5) is 0 Å². The van der Waals surface area contributed by atoms with E-state index in [0.717, 1.165) is 25.7 Å². The van der Waals surface area contributed by atoms with E-state index in [-0.39, 0.29) is 5.56 Å². The molecule has 0 bridgehead atoms. The van der Waals surface area contributed by atoms with Crippen LogP contribution >= 0.6 is 0 Å². The Labute approximate surface area is 123 Å². The number of aromatic amines is 1. The predicted molar refractivity (Wildman–Crippen MR) is 82.1 cm³/mol. The minimum absolute atomic E-state index is 0.117. The molecule has 0 radical (unpaired) electrons. The maximum atomic E-state index is 12.0. The van der Waals surface area contributed by atoms with Crippen LogP contribution in [0.3, 0.4) is 0 Å². The molecule has 1 fully saturated rings. The Balaban J connectivity index is 1.67. The average molecular weight is 287 g/mol. The minimum atomic E-state index is -0.602. The van der Waals surface area contributed by atoms with Gasteiger partial charge in [-0.25, -0.2) is 4.98 Å². The van der Waals surface area contributed by atoms with Crippen LogP contribution in [0.5, 0.6) is 0 Å². The lowest BCUT2D eigenvalue weighted by Gasteiger charge is -2.32. The summed E-state index contributed by atoms with van der Waals surface area (Å²) in [5.41, 5.74) is -0.0155. The van der Waals surface area contributed by atoms with Gasteiger partial charge in [-0.15, -0.1) is 0 Å². The highest BCUT2D eigenvalue weighted by atomic mass is 16.3. The predicted octanol–water partition coefficient (Wildman–Crippen LogP) is 1.71. The van der Waals surface area contributed by atoms with Crippen LogP contribution in [0.15, 0.2) is 29.1 Å². The number of aliphatic hydroxyl groups is 1. The first-order valence-corrected chi connectivity index (χ1v) is 7.57. The van der Waals surface area contributed by atoms with Crippen molar-refractivity contribution in [3.63, 3.8) is 0 Å². The van der Waals surface area contributed by atoms with Gasteiger partial charge in [-0.3, -0.25) is 4.79 Å². The van der Waals surface area contributed by atoms with E-state index in [0.29, 0.717) is 29.8 Å². The summed E-state index contributed by atoms with van der Waals surface area (Å²) in [6, 6.07) is 7.30. The Kier molecular flexibility index (Phi) is 4.03. The van der Waals surface area contributed by atoms with E-state index < -0.39 is 5.60 Å². The van der Waals surface area contributed by atoms with E-state index in [1.165, 1.54) is 6.42 Å². The van der Waals surface area contributed by atoms with Gasteiger partial charge in [0.25, 0.3) is 5.56 Å². The molecule has 0 amide bonds. The Morgan fingerprint density at radius 2 is 2.00 bits per heavy atom. The van der Waals surface area contributed by atoms with Gasteiger partial charge in [-0.1, -0.05) is 31.4 Å². The van der Waals surface area contributed by atoms with Crippen LogP contribution in [0.2, 0.25) is 0 Å². The molecule has 112 valence electrons. The molecule has 1 aliphatic carbocycles. The lowest BCUT2D eigenvalue weighted by Crippen LogP contribution is -2.42. The second kappa shape index (κ2) is 5.95. The molecule has 0 aliphatic heterocycles. The maximum Gasteiger partial charge on any atom is 0.258 e. The van der Waals surface area contributed by atoms with E-state index in [1.54, 1.807) is 6.07 Å². The normalized spacial score (nSPS) is 18.0. The summed E-state index contributed by atoms with van der Waals surface area (Å²) in [6.45, 7) is 1.01. The molecule has 21 heavy (non-hydrogen) atoms.